The summed E-state index contributed by atoms with van der Waals surface area (Å²) in [6.07, 6.45) is -0.569. The van der Waals surface area contributed by atoms with Crippen LogP contribution in [-0.4, -0.2) is 11.2 Å². The first kappa shape index (κ1) is 13.8. The van der Waals surface area contributed by atoms with Crippen LogP contribution in [0.25, 0.3) is 0 Å². The molecule has 2 aromatic carbocycles. The molecule has 2 atom stereocenters. The maximum Gasteiger partial charge on any atom is 0.123 e. The lowest BCUT2D eigenvalue weighted by atomic mass is 9.72. The van der Waals surface area contributed by atoms with Crippen LogP contribution in [0, 0.1) is 12.7 Å². The molecule has 0 saturated heterocycles. The van der Waals surface area contributed by atoms with Gasteiger partial charge in [0.2, 0.25) is 0 Å². The minimum Gasteiger partial charge on any atom is -0.392 e. The van der Waals surface area contributed by atoms with Crippen molar-refractivity contribution >= 4 is 0 Å². The quantitative estimate of drug-likeness (QED) is 0.887. The van der Waals surface area contributed by atoms with E-state index in [0.717, 1.165) is 11.1 Å². The van der Waals surface area contributed by atoms with Gasteiger partial charge in [-0.2, -0.15) is 0 Å². The van der Waals surface area contributed by atoms with E-state index >= 15 is 0 Å². The van der Waals surface area contributed by atoms with E-state index in [1.54, 1.807) is 19.1 Å². The zero-order valence-electron chi connectivity index (χ0n) is 11.5. The number of hydrogen-bond acceptors (Lipinski definition) is 1. The second kappa shape index (κ2) is 5.14. The first-order chi connectivity index (χ1) is 8.94. The smallest absolute Gasteiger partial charge is 0.123 e. The molecule has 1 nitrogen and oxygen atoms in total. The fourth-order valence-electron chi connectivity index (χ4n) is 2.34. The average Bonchev–Trinajstić information content (AvgIpc) is 2.39. The average molecular weight is 258 g/mol. The Morgan fingerprint density at radius 1 is 0.947 bits per heavy atom. The fourth-order valence-corrected chi connectivity index (χ4v) is 2.34. The molecular formula is C17H19FO. The highest BCUT2D eigenvalue weighted by Gasteiger charge is 2.33. The van der Waals surface area contributed by atoms with E-state index in [1.165, 1.54) is 17.7 Å². The second-order valence-corrected chi connectivity index (χ2v) is 5.25. The van der Waals surface area contributed by atoms with Crippen molar-refractivity contribution in [1.82, 2.24) is 0 Å². The molecule has 2 unspecified atom stereocenters. The van der Waals surface area contributed by atoms with Crippen LogP contribution in [0.5, 0.6) is 0 Å². The Morgan fingerprint density at radius 2 is 1.37 bits per heavy atom. The maximum atomic E-state index is 13.1. The van der Waals surface area contributed by atoms with Crippen LogP contribution >= 0.6 is 0 Å². The van der Waals surface area contributed by atoms with E-state index in [4.69, 9.17) is 0 Å². The number of hydrogen-bond donors (Lipinski definition) is 1. The molecule has 0 radical (unpaired) electrons. The molecule has 0 spiro atoms. The van der Waals surface area contributed by atoms with Gasteiger partial charge >= 0.3 is 0 Å². The predicted molar refractivity (Wildman–Crippen MR) is 75.7 cm³/mol. The van der Waals surface area contributed by atoms with Crippen LogP contribution in [0.1, 0.15) is 30.5 Å². The number of aryl methyl sites for hydroxylation is 1. The molecule has 0 aromatic heterocycles. The summed E-state index contributed by atoms with van der Waals surface area (Å²) in [6.45, 7) is 5.78. The molecule has 0 amide bonds. The molecule has 0 fully saturated rings. The molecular weight excluding hydrogens is 239 g/mol. The largest absolute Gasteiger partial charge is 0.392 e. The third kappa shape index (κ3) is 2.54. The standard InChI is InChI=1S/C17H19FO/c1-12-4-6-14(7-5-12)17(3,13(2)19)15-8-10-16(18)11-9-15/h4-11,13,19H,1-3H3. The van der Waals surface area contributed by atoms with Crippen molar-refractivity contribution in [1.29, 1.82) is 0 Å². The van der Waals surface area contributed by atoms with Gasteiger partial charge in [-0.25, -0.2) is 4.39 Å². The van der Waals surface area contributed by atoms with Gasteiger partial charge in [-0.1, -0.05) is 42.0 Å². The SMILES string of the molecule is Cc1ccc(C(C)(c2ccc(F)cc2)C(C)O)cc1. The van der Waals surface area contributed by atoms with Gasteiger partial charge in [0.1, 0.15) is 5.82 Å². The zero-order chi connectivity index (χ0) is 14.0. The van der Waals surface area contributed by atoms with Gasteiger partial charge in [-0.05, 0) is 44.0 Å². The third-order valence-electron chi connectivity index (χ3n) is 3.93. The van der Waals surface area contributed by atoms with Crippen LogP contribution < -0.4 is 0 Å². The van der Waals surface area contributed by atoms with E-state index in [0.29, 0.717) is 0 Å². The Labute approximate surface area is 113 Å². The summed E-state index contributed by atoms with van der Waals surface area (Å²) in [5.41, 5.74) is 2.57. The van der Waals surface area contributed by atoms with Crippen LogP contribution in [0.15, 0.2) is 48.5 Å². The summed E-state index contributed by atoms with van der Waals surface area (Å²) in [6, 6.07) is 14.4. The molecule has 1 N–H and O–H groups in total. The number of aliphatic hydroxyl groups is 1. The van der Waals surface area contributed by atoms with Crippen LogP contribution in [0.3, 0.4) is 0 Å². The lowest BCUT2D eigenvalue weighted by Crippen LogP contribution is -2.35. The number of benzene rings is 2. The molecule has 2 heteroatoms. The molecule has 19 heavy (non-hydrogen) atoms. The molecule has 0 aliphatic rings. The van der Waals surface area contributed by atoms with Gasteiger partial charge in [-0.15, -0.1) is 0 Å². The summed E-state index contributed by atoms with van der Waals surface area (Å²) in [4.78, 5) is 0. The van der Waals surface area contributed by atoms with Crippen LogP contribution in [-0.2, 0) is 5.41 Å². The maximum absolute atomic E-state index is 13.1. The Hall–Kier alpha value is -1.67. The number of rotatable bonds is 3. The second-order valence-electron chi connectivity index (χ2n) is 5.25. The van der Waals surface area contributed by atoms with E-state index < -0.39 is 11.5 Å². The third-order valence-corrected chi connectivity index (χ3v) is 3.93. The van der Waals surface area contributed by atoms with Crippen molar-refractivity contribution in [2.75, 3.05) is 0 Å². The van der Waals surface area contributed by atoms with Crippen molar-refractivity contribution in [3.8, 4) is 0 Å². The summed E-state index contributed by atoms with van der Waals surface area (Å²) in [7, 11) is 0. The molecule has 0 saturated carbocycles. The topological polar surface area (TPSA) is 20.2 Å². The van der Waals surface area contributed by atoms with Gasteiger partial charge in [0.25, 0.3) is 0 Å². The van der Waals surface area contributed by atoms with Gasteiger partial charge < -0.3 is 5.11 Å². The number of halogens is 1. The number of aliphatic hydroxyl groups excluding tert-OH is 1. The first-order valence-corrected chi connectivity index (χ1v) is 6.46. The lowest BCUT2D eigenvalue weighted by molar-refractivity contribution is 0.129. The van der Waals surface area contributed by atoms with E-state index in [-0.39, 0.29) is 5.82 Å². The predicted octanol–water partition coefficient (Wildman–Crippen LogP) is 3.82. The summed E-state index contributed by atoms with van der Waals surface area (Å²) in [5, 5.41) is 10.2. The molecule has 0 bridgehead atoms. The van der Waals surface area contributed by atoms with Gasteiger partial charge in [0, 0.05) is 5.41 Å². The molecule has 100 valence electrons. The minimum absolute atomic E-state index is 0.263. The normalized spacial score (nSPS) is 15.8. The van der Waals surface area contributed by atoms with E-state index in [2.05, 4.69) is 0 Å². The fraction of sp³-hybridized carbons (Fsp3) is 0.294. The van der Waals surface area contributed by atoms with Crippen molar-refractivity contribution in [3.05, 3.63) is 71.0 Å². The highest BCUT2D eigenvalue weighted by Crippen LogP contribution is 2.35. The van der Waals surface area contributed by atoms with Crippen LogP contribution in [0.2, 0.25) is 0 Å². The lowest BCUT2D eigenvalue weighted by Gasteiger charge is -2.34. The molecule has 2 aromatic rings. The van der Waals surface area contributed by atoms with Crippen molar-refractivity contribution in [2.45, 2.75) is 32.3 Å². The Balaban J connectivity index is 2.54. The summed E-state index contributed by atoms with van der Waals surface area (Å²) < 4.78 is 13.1. The van der Waals surface area contributed by atoms with Crippen molar-refractivity contribution < 1.29 is 9.50 Å². The summed E-state index contributed by atoms with van der Waals surface area (Å²) >= 11 is 0. The zero-order valence-corrected chi connectivity index (χ0v) is 11.5. The monoisotopic (exact) mass is 258 g/mol. The molecule has 0 aliphatic heterocycles. The van der Waals surface area contributed by atoms with E-state index in [9.17, 15) is 9.50 Å². The Kier molecular flexibility index (Phi) is 3.72. The van der Waals surface area contributed by atoms with Gasteiger partial charge in [0.05, 0.1) is 6.10 Å². The van der Waals surface area contributed by atoms with Gasteiger partial charge in [-0.3, -0.25) is 0 Å². The molecule has 0 heterocycles. The summed E-state index contributed by atoms with van der Waals surface area (Å²) in [5.74, 6) is -0.263. The minimum atomic E-state index is -0.569. The van der Waals surface area contributed by atoms with E-state index in [1.807, 2.05) is 38.1 Å². The van der Waals surface area contributed by atoms with Gasteiger partial charge in [0.15, 0.2) is 0 Å². The Bertz CT molecular complexity index is 495. The van der Waals surface area contributed by atoms with Crippen molar-refractivity contribution in [3.63, 3.8) is 0 Å². The Morgan fingerprint density at radius 3 is 1.79 bits per heavy atom. The van der Waals surface area contributed by atoms with Crippen molar-refractivity contribution in [2.24, 2.45) is 0 Å². The van der Waals surface area contributed by atoms with Crippen LogP contribution in [0.4, 0.5) is 4.39 Å². The highest BCUT2D eigenvalue weighted by atomic mass is 19.1. The molecule has 2 rings (SSSR count). The molecule has 0 aliphatic carbocycles. The first-order valence-electron chi connectivity index (χ1n) is 6.46. The highest BCUT2D eigenvalue weighted by molar-refractivity contribution is 5.40.